The summed E-state index contributed by atoms with van der Waals surface area (Å²) in [4.78, 5) is 0. The normalized spacial score (nSPS) is 15.5. The molecular weight excluding hydrogens is 182 g/mol. The lowest BCUT2D eigenvalue weighted by Crippen LogP contribution is -2.15. The van der Waals surface area contributed by atoms with Gasteiger partial charge in [-0.2, -0.15) is 0 Å². The van der Waals surface area contributed by atoms with Crippen molar-refractivity contribution in [3.05, 3.63) is 35.4 Å². The summed E-state index contributed by atoms with van der Waals surface area (Å²) >= 11 is 0. The van der Waals surface area contributed by atoms with Gasteiger partial charge in [-0.05, 0) is 36.8 Å². The van der Waals surface area contributed by atoms with E-state index in [1.54, 1.807) is 0 Å². The molecule has 2 rings (SSSR count). The van der Waals surface area contributed by atoms with Crippen LogP contribution in [-0.4, -0.2) is 6.04 Å². The lowest BCUT2D eigenvalue weighted by molar-refractivity contribution is 0.686. The van der Waals surface area contributed by atoms with Crippen molar-refractivity contribution >= 4 is 0 Å². The fourth-order valence-electron chi connectivity index (χ4n) is 1.83. The highest BCUT2D eigenvalue weighted by Gasteiger charge is 2.19. The minimum Gasteiger partial charge on any atom is -0.310 e. The summed E-state index contributed by atoms with van der Waals surface area (Å²) in [5.74, 6) is 0. The predicted molar refractivity (Wildman–Crippen MR) is 64.9 cm³/mol. The molecule has 0 aliphatic heterocycles. The third-order valence-electron chi connectivity index (χ3n) is 2.98. The second-order valence-corrected chi connectivity index (χ2v) is 4.58. The van der Waals surface area contributed by atoms with Gasteiger partial charge in [0, 0.05) is 12.6 Å². The second kappa shape index (κ2) is 5.32. The molecule has 0 unspecified atom stereocenters. The maximum Gasteiger partial charge on any atom is 0.0208 e. The van der Waals surface area contributed by atoms with E-state index in [1.165, 1.54) is 43.2 Å². The Kier molecular flexibility index (Phi) is 3.79. The molecule has 0 spiro atoms. The quantitative estimate of drug-likeness (QED) is 0.748. The molecule has 1 aliphatic carbocycles. The van der Waals surface area contributed by atoms with Gasteiger partial charge < -0.3 is 5.32 Å². The molecule has 1 fully saturated rings. The van der Waals surface area contributed by atoms with Gasteiger partial charge in [-0.3, -0.25) is 0 Å². The van der Waals surface area contributed by atoms with E-state index in [9.17, 15) is 0 Å². The number of nitrogens with one attached hydrogen (secondary N) is 1. The van der Waals surface area contributed by atoms with Gasteiger partial charge in [-0.25, -0.2) is 0 Å². The van der Waals surface area contributed by atoms with Crippen molar-refractivity contribution in [1.82, 2.24) is 5.32 Å². The molecule has 1 aliphatic rings. The molecule has 0 bridgehead atoms. The molecule has 0 aromatic heterocycles. The average Bonchev–Trinajstić information content (AvgIpc) is 3.08. The molecule has 0 amide bonds. The summed E-state index contributed by atoms with van der Waals surface area (Å²) in [5, 5.41) is 3.56. The number of hydrogen-bond acceptors (Lipinski definition) is 1. The molecule has 1 N–H and O–H groups in total. The number of benzene rings is 1. The molecule has 0 radical (unpaired) electrons. The fourth-order valence-corrected chi connectivity index (χ4v) is 1.83. The van der Waals surface area contributed by atoms with E-state index in [2.05, 4.69) is 36.5 Å². The van der Waals surface area contributed by atoms with E-state index >= 15 is 0 Å². The van der Waals surface area contributed by atoms with Gasteiger partial charge in [0.25, 0.3) is 0 Å². The molecule has 1 aromatic rings. The molecule has 82 valence electrons. The first-order valence-electron chi connectivity index (χ1n) is 6.19. The van der Waals surface area contributed by atoms with Gasteiger partial charge >= 0.3 is 0 Å². The summed E-state index contributed by atoms with van der Waals surface area (Å²) in [6, 6.07) is 9.82. The predicted octanol–water partition coefficient (Wildman–Crippen LogP) is 3.28. The average molecular weight is 203 g/mol. The Labute approximate surface area is 92.9 Å². The third kappa shape index (κ3) is 3.67. The molecule has 1 aromatic carbocycles. The molecule has 1 heteroatoms. The van der Waals surface area contributed by atoms with Gasteiger partial charge in [0.05, 0.1) is 0 Å². The second-order valence-electron chi connectivity index (χ2n) is 4.58. The van der Waals surface area contributed by atoms with E-state index < -0.39 is 0 Å². The highest BCUT2D eigenvalue weighted by atomic mass is 14.9. The van der Waals surface area contributed by atoms with Gasteiger partial charge in [0.2, 0.25) is 0 Å². The van der Waals surface area contributed by atoms with Gasteiger partial charge in [-0.15, -0.1) is 0 Å². The van der Waals surface area contributed by atoms with Crippen molar-refractivity contribution in [3.8, 4) is 0 Å². The number of hydrogen-bond donors (Lipinski definition) is 1. The molecule has 15 heavy (non-hydrogen) atoms. The lowest BCUT2D eigenvalue weighted by Gasteiger charge is -2.05. The molecular formula is C14H21N. The van der Waals surface area contributed by atoms with Crippen LogP contribution in [0.3, 0.4) is 0 Å². The maximum absolute atomic E-state index is 3.56. The lowest BCUT2D eigenvalue weighted by atomic mass is 10.1. The van der Waals surface area contributed by atoms with Crippen molar-refractivity contribution in [3.63, 3.8) is 0 Å². The Hall–Kier alpha value is -0.820. The van der Waals surface area contributed by atoms with Crippen LogP contribution in [0.25, 0.3) is 0 Å². The summed E-state index contributed by atoms with van der Waals surface area (Å²) < 4.78 is 0. The zero-order valence-electron chi connectivity index (χ0n) is 9.63. The monoisotopic (exact) mass is 203 g/mol. The summed E-state index contributed by atoms with van der Waals surface area (Å²) in [7, 11) is 0. The Morgan fingerprint density at radius 1 is 1.27 bits per heavy atom. The molecule has 0 saturated heterocycles. The first kappa shape index (κ1) is 10.7. The van der Waals surface area contributed by atoms with Crippen LogP contribution >= 0.6 is 0 Å². The van der Waals surface area contributed by atoms with Crippen molar-refractivity contribution < 1.29 is 0 Å². The smallest absolute Gasteiger partial charge is 0.0208 e. The Morgan fingerprint density at radius 2 is 2.07 bits per heavy atom. The molecule has 0 atom stereocenters. The minimum absolute atomic E-state index is 0.810. The third-order valence-corrected chi connectivity index (χ3v) is 2.98. The topological polar surface area (TPSA) is 12.0 Å². The largest absolute Gasteiger partial charge is 0.310 e. The van der Waals surface area contributed by atoms with E-state index in [0.717, 1.165) is 12.6 Å². The van der Waals surface area contributed by atoms with E-state index in [-0.39, 0.29) is 0 Å². The minimum atomic E-state index is 0.810. The molecule has 1 nitrogen and oxygen atoms in total. The van der Waals surface area contributed by atoms with Crippen LogP contribution in [0.2, 0.25) is 0 Å². The summed E-state index contributed by atoms with van der Waals surface area (Å²) in [6.45, 7) is 3.29. The number of aryl methyl sites for hydroxylation is 1. The van der Waals surface area contributed by atoms with Gasteiger partial charge in [0.1, 0.15) is 0 Å². The van der Waals surface area contributed by atoms with Crippen molar-refractivity contribution in [2.75, 3.05) is 0 Å². The Morgan fingerprint density at radius 3 is 2.80 bits per heavy atom. The Balaban J connectivity index is 1.85. The Bertz CT molecular complexity index is 302. The van der Waals surface area contributed by atoms with E-state index in [1.807, 2.05) is 0 Å². The molecule has 1 saturated carbocycles. The molecule has 0 heterocycles. The first-order chi connectivity index (χ1) is 7.38. The van der Waals surface area contributed by atoms with Crippen molar-refractivity contribution in [2.45, 2.75) is 51.6 Å². The van der Waals surface area contributed by atoms with Crippen LogP contribution in [0.1, 0.15) is 43.7 Å². The number of unbranched alkanes of at least 4 members (excludes halogenated alkanes) is 1. The first-order valence-corrected chi connectivity index (χ1v) is 6.19. The highest BCUT2D eigenvalue weighted by molar-refractivity contribution is 5.23. The van der Waals surface area contributed by atoms with Crippen LogP contribution in [0, 0.1) is 0 Å². The van der Waals surface area contributed by atoms with Crippen LogP contribution in [-0.2, 0) is 13.0 Å². The van der Waals surface area contributed by atoms with Crippen LogP contribution in [0.15, 0.2) is 24.3 Å². The fraction of sp³-hybridized carbons (Fsp3) is 0.571. The standard InChI is InChI=1S/C14H21N/c1-2-3-5-12-6-4-7-13(10-12)11-15-14-8-9-14/h4,6-7,10,14-15H,2-3,5,8-9,11H2,1H3. The van der Waals surface area contributed by atoms with Crippen LogP contribution in [0.4, 0.5) is 0 Å². The maximum atomic E-state index is 3.56. The SMILES string of the molecule is CCCCc1cccc(CNC2CC2)c1. The van der Waals surface area contributed by atoms with Crippen molar-refractivity contribution in [1.29, 1.82) is 0 Å². The zero-order valence-corrected chi connectivity index (χ0v) is 9.63. The number of rotatable bonds is 6. The highest BCUT2D eigenvalue weighted by Crippen LogP contribution is 2.19. The van der Waals surface area contributed by atoms with Crippen molar-refractivity contribution in [2.24, 2.45) is 0 Å². The van der Waals surface area contributed by atoms with E-state index in [4.69, 9.17) is 0 Å². The van der Waals surface area contributed by atoms with Crippen LogP contribution < -0.4 is 5.32 Å². The van der Waals surface area contributed by atoms with Gasteiger partial charge in [0.15, 0.2) is 0 Å². The summed E-state index contributed by atoms with van der Waals surface area (Å²) in [5.41, 5.74) is 2.93. The summed E-state index contributed by atoms with van der Waals surface area (Å²) in [6.07, 6.45) is 6.56. The zero-order chi connectivity index (χ0) is 10.5. The van der Waals surface area contributed by atoms with Gasteiger partial charge in [-0.1, -0.05) is 37.6 Å². The van der Waals surface area contributed by atoms with E-state index in [0.29, 0.717) is 0 Å². The van der Waals surface area contributed by atoms with Crippen LogP contribution in [0.5, 0.6) is 0 Å².